The highest BCUT2D eigenvalue weighted by Crippen LogP contribution is 2.22. The number of hydrogen-bond acceptors (Lipinski definition) is 2. The van der Waals surface area contributed by atoms with Crippen LogP contribution in [-0.2, 0) is 4.79 Å². The minimum Gasteiger partial charge on any atom is -0.360 e. The van der Waals surface area contributed by atoms with E-state index in [1.165, 1.54) is 11.1 Å². The van der Waals surface area contributed by atoms with Gasteiger partial charge in [0.1, 0.15) is 0 Å². The highest BCUT2D eigenvalue weighted by atomic mass is 35.5. The van der Waals surface area contributed by atoms with Gasteiger partial charge >= 0.3 is 0 Å². The average Bonchev–Trinajstić information content (AvgIpc) is 2.69. The number of H-pyrrole nitrogens is 1. The molecule has 88 valence electrons. The van der Waals surface area contributed by atoms with Crippen LogP contribution in [0.1, 0.15) is 10.4 Å². The van der Waals surface area contributed by atoms with Gasteiger partial charge in [-0.25, -0.2) is 0 Å². The van der Waals surface area contributed by atoms with E-state index in [9.17, 15) is 9.59 Å². The standard InChI is InChI=1S/C12H11ClN2O2/c1-15(2)12(17)11(16)9-6-14-10-5-7(13)3-4-8(9)10/h3-6,14H,1-2H3. The number of fused-ring (bicyclic) bond motifs is 1. The van der Waals surface area contributed by atoms with Crippen LogP contribution < -0.4 is 0 Å². The molecule has 0 radical (unpaired) electrons. The number of rotatable bonds is 2. The van der Waals surface area contributed by atoms with Crippen LogP contribution in [-0.4, -0.2) is 35.7 Å². The van der Waals surface area contributed by atoms with Crippen molar-refractivity contribution in [3.63, 3.8) is 0 Å². The smallest absolute Gasteiger partial charge is 0.294 e. The molecule has 0 saturated carbocycles. The number of amides is 1. The van der Waals surface area contributed by atoms with Gasteiger partial charge in [0.05, 0.1) is 5.56 Å². The Morgan fingerprint density at radius 2 is 2.00 bits per heavy atom. The van der Waals surface area contributed by atoms with Gasteiger partial charge in [-0.1, -0.05) is 17.7 Å². The van der Waals surface area contributed by atoms with Crippen LogP contribution in [0.4, 0.5) is 0 Å². The topological polar surface area (TPSA) is 53.2 Å². The third-order valence-electron chi connectivity index (χ3n) is 2.49. The number of benzene rings is 1. The zero-order valence-corrected chi connectivity index (χ0v) is 10.2. The second-order valence-corrected chi connectivity index (χ2v) is 4.36. The largest absolute Gasteiger partial charge is 0.360 e. The molecule has 1 aromatic heterocycles. The highest BCUT2D eigenvalue weighted by molar-refractivity contribution is 6.44. The van der Waals surface area contributed by atoms with Gasteiger partial charge in [0.2, 0.25) is 0 Å². The van der Waals surface area contributed by atoms with Crippen LogP contribution in [0.5, 0.6) is 0 Å². The monoisotopic (exact) mass is 250 g/mol. The molecule has 0 bridgehead atoms. The molecular weight excluding hydrogens is 240 g/mol. The first-order valence-corrected chi connectivity index (χ1v) is 5.41. The Balaban J connectivity index is 2.50. The maximum absolute atomic E-state index is 11.9. The predicted octanol–water partition coefficient (Wildman–Crippen LogP) is 2.09. The van der Waals surface area contributed by atoms with E-state index in [1.54, 1.807) is 32.3 Å². The van der Waals surface area contributed by atoms with Crippen LogP contribution >= 0.6 is 11.6 Å². The molecule has 1 amide bonds. The zero-order valence-electron chi connectivity index (χ0n) is 9.45. The van der Waals surface area contributed by atoms with Gasteiger partial charge in [-0.15, -0.1) is 0 Å². The number of carbonyl (C=O) groups excluding carboxylic acids is 2. The first kappa shape index (κ1) is 11.7. The SMILES string of the molecule is CN(C)C(=O)C(=O)c1c[nH]c2cc(Cl)ccc12. The fourth-order valence-corrected chi connectivity index (χ4v) is 1.78. The Morgan fingerprint density at radius 3 is 2.65 bits per heavy atom. The lowest BCUT2D eigenvalue weighted by atomic mass is 10.1. The van der Waals surface area contributed by atoms with E-state index in [1.807, 2.05) is 0 Å². The second kappa shape index (κ2) is 4.22. The molecule has 0 aliphatic carbocycles. The summed E-state index contributed by atoms with van der Waals surface area (Å²) in [6, 6.07) is 5.13. The Hall–Kier alpha value is -1.81. The molecule has 0 spiro atoms. The summed E-state index contributed by atoms with van der Waals surface area (Å²) in [5, 5.41) is 1.28. The Bertz CT molecular complexity index is 602. The number of likely N-dealkylation sites (N-methyl/N-ethyl adjacent to an activating group) is 1. The third kappa shape index (κ3) is 2.03. The molecule has 0 atom stereocenters. The summed E-state index contributed by atoms with van der Waals surface area (Å²) in [6.07, 6.45) is 1.53. The van der Waals surface area contributed by atoms with Crippen molar-refractivity contribution in [3.8, 4) is 0 Å². The van der Waals surface area contributed by atoms with Crippen molar-refractivity contribution in [1.29, 1.82) is 0 Å². The van der Waals surface area contributed by atoms with Crippen molar-refractivity contribution in [1.82, 2.24) is 9.88 Å². The number of carbonyl (C=O) groups is 2. The molecule has 4 nitrogen and oxygen atoms in total. The molecule has 0 unspecified atom stereocenters. The summed E-state index contributed by atoms with van der Waals surface area (Å²) in [5.74, 6) is -1.07. The summed E-state index contributed by atoms with van der Waals surface area (Å²) in [4.78, 5) is 27.7. The van der Waals surface area contributed by atoms with Crippen LogP contribution in [0.15, 0.2) is 24.4 Å². The molecule has 0 saturated heterocycles. The van der Waals surface area contributed by atoms with Crippen molar-refractivity contribution in [2.75, 3.05) is 14.1 Å². The van der Waals surface area contributed by atoms with Gasteiger partial charge in [-0.2, -0.15) is 0 Å². The summed E-state index contributed by atoms with van der Waals surface area (Å²) >= 11 is 5.84. The number of nitrogens with one attached hydrogen (secondary N) is 1. The normalized spacial score (nSPS) is 10.5. The van der Waals surface area contributed by atoms with E-state index in [-0.39, 0.29) is 0 Å². The van der Waals surface area contributed by atoms with Crippen LogP contribution in [0.3, 0.4) is 0 Å². The highest BCUT2D eigenvalue weighted by Gasteiger charge is 2.21. The first-order chi connectivity index (χ1) is 8.00. The number of nitrogens with zero attached hydrogens (tertiary/aromatic N) is 1. The number of hydrogen-bond donors (Lipinski definition) is 1. The van der Waals surface area contributed by atoms with Crippen molar-refractivity contribution in [3.05, 3.63) is 35.0 Å². The molecule has 0 fully saturated rings. The van der Waals surface area contributed by atoms with Crippen molar-refractivity contribution in [2.24, 2.45) is 0 Å². The van der Waals surface area contributed by atoms with Crippen LogP contribution in [0, 0.1) is 0 Å². The van der Waals surface area contributed by atoms with E-state index in [0.29, 0.717) is 16.0 Å². The molecule has 0 aliphatic rings. The average molecular weight is 251 g/mol. The van der Waals surface area contributed by atoms with E-state index in [4.69, 9.17) is 11.6 Å². The molecule has 17 heavy (non-hydrogen) atoms. The number of aromatic amines is 1. The van der Waals surface area contributed by atoms with Crippen molar-refractivity contribution < 1.29 is 9.59 Å². The van der Waals surface area contributed by atoms with Gasteiger partial charge in [-0.05, 0) is 12.1 Å². The quantitative estimate of drug-likeness (QED) is 0.656. The summed E-state index contributed by atoms with van der Waals surface area (Å²) < 4.78 is 0. The van der Waals surface area contributed by atoms with Gasteiger partial charge < -0.3 is 9.88 Å². The van der Waals surface area contributed by atoms with Crippen LogP contribution in [0.25, 0.3) is 10.9 Å². The molecular formula is C12H11ClN2O2. The second-order valence-electron chi connectivity index (χ2n) is 3.92. The van der Waals surface area contributed by atoms with Gasteiger partial charge in [0, 0.05) is 36.2 Å². The molecule has 1 N–H and O–H groups in total. The van der Waals surface area contributed by atoms with Gasteiger partial charge in [0.15, 0.2) is 0 Å². The van der Waals surface area contributed by atoms with E-state index in [2.05, 4.69) is 4.98 Å². The number of Topliss-reactive ketones (excluding diaryl/α,β-unsaturated/α-hetero) is 1. The fourth-order valence-electron chi connectivity index (χ4n) is 1.60. The number of aromatic nitrogens is 1. The molecule has 5 heteroatoms. The molecule has 2 aromatic rings. The lowest BCUT2D eigenvalue weighted by Crippen LogP contribution is -2.29. The molecule has 1 aromatic carbocycles. The van der Waals surface area contributed by atoms with Gasteiger partial charge in [-0.3, -0.25) is 9.59 Å². The van der Waals surface area contributed by atoms with Crippen molar-refractivity contribution >= 4 is 34.2 Å². The minimum absolute atomic E-state index is 0.371. The lowest BCUT2D eigenvalue weighted by Gasteiger charge is -2.07. The predicted molar refractivity (Wildman–Crippen MR) is 66.3 cm³/mol. The summed E-state index contributed by atoms with van der Waals surface area (Å²) in [7, 11) is 3.10. The Kier molecular flexibility index (Phi) is 2.90. The van der Waals surface area contributed by atoms with Crippen molar-refractivity contribution in [2.45, 2.75) is 0 Å². The third-order valence-corrected chi connectivity index (χ3v) is 2.72. The molecule has 0 aliphatic heterocycles. The number of ketones is 1. The first-order valence-electron chi connectivity index (χ1n) is 5.03. The maximum Gasteiger partial charge on any atom is 0.294 e. The van der Waals surface area contributed by atoms with Gasteiger partial charge in [0.25, 0.3) is 11.7 Å². The molecule has 2 rings (SSSR count). The zero-order chi connectivity index (χ0) is 12.6. The summed E-state index contributed by atoms with van der Waals surface area (Å²) in [5.41, 5.74) is 1.11. The maximum atomic E-state index is 11.9. The van der Waals surface area contributed by atoms with E-state index in [0.717, 1.165) is 5.52 Å². The molecule has 1 heterocycles. The fraction of sp³-hybridized carbons (Fsp3) is 0.167. The Labute approximate surface area is 103 Å². The number of halogens is 1. The van der Waals surface area contributed by atoms with E-state index < -0.39 is 11.7 Å². The minimum atomic E-state index is -0.541. The Morgan fingerprint density at radius 1 is 1.29 bits per heavy atom. The van der Waals surface area contributed by atoms with E-state index >= 15 is 0 Å². The van der Waals surface area contributed by atoms with Crippen LogP contribution in [0.2, 0.25) is 5.02 Å². The lowest BCUT2D eigenvalue weighted by molar-refractivity contribution is -0.124. The summed E-state index contributed by atoms with van der Waals surface area (Å²) in [6.45, 7) is 0.